The number of aromatic nitrogens is 4. The standard InChI is InChI=1S/C46H60N8O4/c1-30(2)40(51-46(57)58-3)44(55)53-26-10-14-38(53)42-47-28-36(49-42)33-20-16-31(17-21-33)32-18-22-34(23-19-32)37-29-48-43(50-37)39-15-11-27-54(39)45(56)41(35-12-6-4-7-13-35)52-24-8-5-9-25-52/h4,6-7,12-13,16-17,20-21,28-30,32,34,38-41H,5,8-11,14-15,18-19,22-27H2,1-3H3,(H,47,49)(H,48,50)(H,51,57)/t32-,34-,38-,39-,40-,41+/m0/s1. The highest BCUT2D eigenvalue weighted by atomic mass is 16.5. The van der Waals surface area contributed by atoms with E-state index in [0.29, 0.717) is 18.4 Å². The van der Waals surface area contributed by atoms with Crippen LogP contribution < -0.4 is 5.32 Å². The van der Waals surface area contributed by atoms with Gasteiger partial charge in [0.1, 0.15) is 23.7 Å². The predicted octanol–water partition coefficient (Wildman–Crippen LogP) is 8.18. The molecule has 308 valence electrons. The maximum absolute atomic E-state index is 14.4. The lowest BCUT2D eigenvalue weighted by atomic mass is 9.77. The lowest BCUT2D eigenvalue weighted by Gasteiger charge is -2.37. The van der Waals surface area contributed by atoms with E-state index >= 15 is 0 Å². The number of carbonyl (C=O) groups excluding carboxylic acids is 3. The number of hydrogen-bond acceptors (Lipinski definition) is 7. The van der Waals surface area contributed by atoms with E-state index in [-0.39, 0.29) is 35.9 Å². The first-order chi connectivity index (χ1) is 28.3. The van der Waals surface area contributed by atoms with Crippen molar-refractivity contribution in [3.05, 3.63) is 95.5 Å². The number of hydrogen-bond donors (Lipinski definition) is 3. The minimum absolute atomic E-state index is 0.00906. The molecule has 0 unspecified atom stereocenters. The van der Waals surface area contributed by atoms with Gasteiger partial charge in [-0.05, 0) is 106 Å². The molecule has 2 aromatic heterocycles. The van der Waals surface area contributed by atoms with Crippen molar-refractivity contribution in [1.82, 2.24) is 40.0 Å². The monoisotopic (exact) mass is 788 g/mol. The molecule has 58 heavy (non-hydrogen) atoms. The number of rotatable bonds is 11. The van der Waals surface area contributed by atoms with Gasteiger partial charge in [-0.25, -0.2) is 14.8 Å². The molecule has 3 aliphatic heterocycles. The topological polar surface area (TPSA) is 140 Å². The van der Waals surface area contributed by atoms with Crippen LogP contribution >= 0.6 is 0 Å². The molecule has 4 fully saturated rings. The van der Waals surface area contributed by atoms with Crippen LogP contribution in [0, 0.1) is 5.92 Å². The quantitative estimate of drug-likeness (QED) is 0.139. The zero-order valence-electron chi connectivity index (χ0n) is 34.4. The van der Waals surface area contributed by atoms with Crippen LogP contribution in [0.4, 0.5) is 4.79 Å². The average Bonchev–Trinajstić information content (AvgIpc) is 4.11. The number of amides is 3. The van der Waals surface area contributed by atoms with Gasteiger partial charge in [-0.1, -0.05) is 74.9 Å². The number of imidazole rings is 2. The third-order valence-electron chi connectivity index (χ3n) is 13.3. The number of nitrogens with zero attached hydrogens (tertiary/aromatic N) is 5. The maximum Gasteiger partial charge on any atom is 0.407 e. The largest absolute Gasteiger partial charge is 0.453 e. The van der Waals surface area contributed by atoms with Crippen molar-refractivity contribution in [2.24, 2.45) is 5.92 Å². The molecule has 8 rings (SSSR count). The van der Waals surface area contributed by atoms with E-state index in [1.165, 1.54) is 24.8 Å². The van der Waals surface area contributed by atoms with E-state index < -0.39 is 12.1 Å². The summed E-state index contributed by atoms with van der Waals surface area (Å²) in [5, 5.41) is 2.72. The van der Waals surface area contributed by atoms with Gasteiger partial charge in [0.25, 0.3) is 0 Å². The zero-order valence-corrected chi connectivity index (χ0v) is 34.4. The molecule has 4 atom stereocenters. The molecular weight excluding hydrogens is 729 g/mol. The van der Waals surface area contributed by atoms with E-state index in [4.69, 9.17) is 14.7 Å². The number of aromatic amines is 2. The van der Waals surface area contributed by atoms with Gasteiger partial charge in [0.05, 0.1) is 31.1 Å². The van der Waals surface area contributed by atoms with Crippen molar-refractivity contribution in [2.45, 2.75) is 120 Å². The van der Waals surface area contributed by atoms with E-state index in [2.05, 4.69) is 73.6 Å². The van der Waals surface area contributed by atoms with Gasteiger partial charge in [-0.3, -0.25) is 14.5 Å². The second-order valence-corrected chi connectivity index (χ2v) is 17.2. The van der Waals surface area contributed by atoms with Crippen LogP contribution in [0.3, 0.4) is 0 Å². The SMILES string of the molecule is COC(=O)N[C@H](C(=O)N1CCC[C@H]1c1ncc(-c2ccc([C@H]3CC[C@H](c4cnc([C@@H]5CCCN5C(=O)[C@@H](c5ccccc5)N5CCCCC5)[nH]4)CC3)cc2)[nH]1)C(C)C. The molecule has 0 spiro atoms. The number of H-pyrrole nitrogens is 2. The van der Waals surface area contributed by atoms with Crippen LogP contribution in [0.1, 0.15) is 143 Å². The minimum atomic E-state index is -0.662. The second-order valence-electron chi connectivity index (χ2n) is 17.2. The molecular formula is C46H60N8O4. The Morgan fingerprint density at radius 3 is 1.98 bits per heavy atom. The van der Waals surface area contributed by atoms with Gasteiger partial charge >= 0.3 is 6.09 Å². The first kappa shape index (κ1) is 39.8. The Morgan fingerprint density at radius 1 is 0.707 bits per heavy atom. The Bertz CT molecular complexity index is 2000. The summed E-state index contributed by atoms with van der Waals surface area (Å²) in [7, 11) is 1.31. The zero-order chi connectivity index (χ0) is 40.2. The molecule has 1 saturated carbocycles. The van der Waals surface area contributed by atoms with Crippen LogP contribution in [0.15, 0.2) is 67.0 Å². The summed E-state index contributed by atoms with van der Waals surface area (Å²) in [6.07, 6.45) is 14.9. The van der Waals surface area contributed by atoms with Gasteiger partial charge in [0.15, 0.2) is 0 Å². The molecule has 4 aliphatic rings. The Labute approximate surface area is 342 Å². The lowest BCUT2D eigenvalue weighted by molar-refractivity contribution is -0.139. The van der Waals surface area contributed by atoms with E-state index in [1.54, 1.807) is 0 Å². The predicted molar refractivity (Wildman–Crippen MR) is 223 cm³/mol. The van der Waals surface area contributed by atoms with Crippen LogP contribution in [0.25, 0.3) is 11.3 Å². The normalized spacial score (nSPS) is 23.9. The molecule has 4 aromatic rings. The van der Waals surface area contributed by atoms with Gasteiger partial charge in [-0.15, -0.1) is 0 Å². The first-order valence-corrected chi connectivity index (χ1v) is 21.7. The van der Waals surface area contributed by atoms with Gasteiger partial charge in [-0.2, -0.15) is 0 Å². The minimum Gasteiger partial charge on any atom is -0.453 e. The summed E-state index contributed by atoms with van der Waals surface area (Å²) in [5.41, 5.74) is 5.65. The molecule has 5 heterocycles. The summed E-state index contributed by atoms with van der Waals surface area (Å²) in [6.45, 7) is 7.18. The second kappa shape index (κ2) is 17.9. The molecule has 3 saturated heterocycles. The molecule has 3 amide bonds. The van der Waals surface area contributed by atoms with Gasteiger partial charge in [0, 0.05) is 30.9 Å². The van der Waals surface area contributed by atoms with E-state index in [1.807, 2.05) is 37.2 Å². The molecule has 12 heteroatoms. The fourth-order valence-electron chi connectivity index (χ4n) is 10.0. The summed E-state index contributed by atoms with van der Waals surface area (Å²) < 4.78 is 4.78. The van der Waals surface area contributed by atoms with Crippen molar-refractivity contribution in [3.63, 3.8) is 0 Å². The van der Waals surface area contributed by atoms with Crippen molar-refractivity contribution in [3.8, 4) is 11.3 Å². The Hall–Kier alpha value is -4.97. The summed E-state index contributed by atoms with van der Waals surface area (Å²) >= 11 is 0. The molecule has 1 aliphatic carbocycles. The molecule has 0 radical (unpaired) electrons. The highest BCUT2D eigenvalue weighted by molar-refractivity contribution is 5.86. The Balaban J connectivity index is 0.874. The number of alkyl carbamates (subject to hydrolysis) is 1. The third-order valence-corrected chi connectivity index (χ3v) is 13.3. The number of nitrogens with one attached hydrogen (secondary N) is 3. The molecule has 2 aromatic carbocycles. The fraction of sp³-hybridized carbons (Fsp3) is 0.543. The number of ether oxygens (including phenoxy) is 1. The van der Waals surface area contributed by atoms with Crippen molar-refractivity contribution >= 4 is 17.9 Å². The smallest absolute Gasteiger partial charge is 0.407 e. The maximum atomic E-state index is 14.4. The number of benzene rings is 2. The molecule has 0 bridgehead atoms. The fourth-order valence-corrected chi connectivity index (χ4v) is 10.0. The average molecular weight is 789 g/mol. The Morgan fingerprint density at radius 2 is 1.33 bits per heavy atom. The summed E-state index contributed by atoms with van der Waals surface area (Å²) in [4.78, 5) is 63.2. The highest BCUT2D eigenvalue weighted by Crippen LogP contribution is 2.42. The number of carbonyl (C=O) groups is 3. The molecule has 12 nitrogen and oxygen atoms in total. The van der Waals surface area contributed by atoms with Crippen molar-refractivity contribution < 1.29 is 19.1 Å². The van der Waals surface area contributed by atoms with E-state index in [0.717, 1.165) is 112 Å². The van der Waals surface area contributed by atoms with Gasteiger partial charge in [0.2, 0.25) is 11.8 Å². The third kappa shape index (κ3) is 8.44. The first-order valence-electron chi connectivity index (χ1n) is 21.7. The van der Waals surface area contributed by atoms with Gasteiger partial charge < -0.3 is 29.8 Å². The van der Waals surface area contributed by atoms with E-state index in [9.17, 15) is 14.4 Å². The van der Waals surface area contributed by atoms with Crippen LogP contribution in [-0.4, -0.2) is 91.9 Å². The van der Waals surface area contributed by atoms with Crippen molar-refractivity contribution in [1.29, 1.82) is 0 Å². The van der Waals surface area contributed by atoms with Crippen LogP contribution in [0.2, 0.25) is 0 Å². The highest BCUT2D eigenvalue weighted by Gasteiger charge is 2.40. The van der Waals surface area contributed by atoms with Crippen LogP contribution in [-0.2, 0) is 14.3 Å². The number of piperidine rings is 1. The number of likely N-dealkylation sites (tertiary alicyclic amines) is 3. The lowest BCUT2D eigenvalue weighted by Crippen LogP contribution is -2.51. The Kier molecular flexibility index (Phi) is 12.3. The molecule has 3 N–H and O–H groups in total. The summed E-state index contributed by atoms with van der Waals surface area (Å²) in [6, 6.07) is 18.1. The number of methoxy groups -OCH3 is 1. The summed E-state index contributed by atoms with van der Waals surface area (Å²) in [5.74, 6) is 2.67. The van der Waals surface area contributed by atoms with Crippen LogP contribution in [0.5, 0.6) is 0 Å². The van der Waals surface area contributed by atoms with Crippen molar-refractivity contribution in [2.75, 3.05) is 33.3 Å².